The summed E-state index contributed by atoms with van der Waals surface area (Å²) in [6.07, 6.45) is 0. The van der Waals surface area contributed by atoms with Crippen molar-refractivity contribution in [1.82, 2.24) is 10.2 Å². The fourth-order valence-electron chi connectivity index (χ4n) is 1.61. The molecule has 15 heavy (non-hydrogen) atoms. The van der Waals surface area contributed by atoms with Gasteiger partial charge in [-0.25, -0.2) is 0 Å². The summed E-state index contributed by atoms with van der Waals surface area (Å²) in [4.78, 5) is 14.9. The second-order valence-corrected chi connectivity index (χ2v) is 5.41. The number of carbonyl (C=O) groups excluding carboxylic acids is 1. The molecule has 0 saturated carbocycles. The predicted octanol–water partition coefficient (Wildman–Crippen LogP) is 1.60. The second kappa shape index (κ2) is 5.21. The maximum absolute atomic E-state index is 11.9. The number of nitrogens with one attached hydrogen (secondary N) is 1. The van der Waals surface area contributed by atoms with Crippen LogP contribution in [0.25, 0.3) is 0 Å². The monoisotopic (exact) mass is 288 g/mol. The molecule has 2 heterocycles. The van der Waals surface area contributed by atoms with E-state index in [1.165, 1.54) is 11.3 Å². The average molecular weight is 289 g/mol. The maximum atomic E-state index is 11.9. The van der Waals surface area contributed by atoms with Gasteiger partial charge in [0.15, 0.2) is 5.78 Å². The number of thiophene rings is 1. The lowest BCUT2D eigenvalue weighted by Crippen LogP contribution is -2.45. The molecule has 1 fully saturated rings. The molecule has 0 amide bonds. The van der Waals surface area contributed by atoms with Gasteiger partial charge in [0, 0.05) is 36.0 Å². The molecule has 0 aromatic carbocycles. The molecule has 1 saturated heterocycles. The first-order valence-electron chi connectivity index (χ1n) is 4.96. The van der Waals surface area contributed by atoms with Crippen molar-refractivity contribution < 1.29 is 4.79 Å². The Hall–Kier alpha value is -0.230. The SMILES string of the molecule is O=C(CN1CCNCC1)c1cc(Br)cs1. The van der Waals surface area contributed by atoms with Gasteiger partial charge in [0.05, 0.1) is 11.4 Å². The first-order valence-corrected chi connectivity index (χ1v) is 6.63. The molecule has 1 N–H and O–H groups in total. The Morgan fingerprint density at radius 1 is 1.53 bits per heavy atom. The van der Waals surface area contributed by atoms with Gasteiger partial charge in [-0.3, -0.25) is 9.69 Å². The second-order valence-electron chi connectivity index (χ2n) is 3.58. The molecule has 1 aliphatic heterocycles. The fraction of sp³-hybridized carbons (Fsp3) is 0.500. The quantitative estimate of drug-likeness (QED) is 0.858. The summed E-state index contributed by atoms with van der Waals surface area (Å²) < 4.78 is 0.996. The number of rotatable bonds is 3. The predicted molar refractivity (Wildman–Crippen MR) is 65.7 cm³/mol. The standard InChI is InChI=1S/C10H13BrN2OS/c11-8-5-10(15-7-8)9(14)6-13-3-1-12-2-4-13/h5,7,12H,1-4,6H2. The Morgan fingerprint density at radius 3 is 2.87 bits per heavy atom. The Kier molecular flexibility index (Phi) is 3.91. The van der Waals surface area contributed by atoms with E-state index >= 15 is 0 Å². The zero-order chi connectivity index (χ0) is 10.7. The number of Topliss-reactive ketones (excluding diaryl/α,β-unsaturated/α-hetero) is 1. The average Bonchev–Trinajstić information content (AvgIpc) is 2.66. The summed E-state index contributed by atoms with van der Waals surface area (Å²) in [5.41, 5.74) is 0. The first-order chi connectivity index (χ1) is 7.25. The van der Waals surface area contributed by atoms with Crippen LogP contribution in [0.15, 0.2) is 15.9 Å². The third-order valence-electron chi connectivity index (χ3n) is 2.42. The molecule has 0 spiro atoms. The van der Waals surface area contributed by atoms with Gasteiger partial charge in [-0.2, -0.15) is 0 Å². The number of ketones is 1. The maximum Gasteiger partial charge on any atom is 0.186 e. The van der Waals surface area contributed by atoms with Crippen molar-refractivity contribution >= 4 is 33.0 Å². The minimum absolute atomic E-state index is 0.229. The van der Waals surface area contributed by atoms with Gasteiger partial charge < -0.3 is 5.32 Å². The van der Waals surface area contributed by atoms with Crippen molar-refractivity contribution in [2.45, 2.75) is 0 Å². The van der Waals surface area contributed by atoms with Crippen LogP contribution >= 0.6 is 27.3 Å². The van der Waals surface area contributed by atoms with Gasteiger partial charge in [-0.05, 0) is 22.0 Å². The number of piperazine rings is 1. The molecule has 0 radical (unpaired) electrons. The topological polar surface area (TPSA) is 32.3 Å². The van der Waals surface area contributed by atoms with E-state index in [0.29, 0.717) is 6.54 Å². The lowest BCUT2D eigenvalue weighted by atomic mass is 10.2. The molecular weight excluding hydrogens is 276 g/mol. The van der Waals surface area contributed by atoms with Crippen molar-refractivity contribution in [2.24, 2.45) is 0 Å². The normalized spacial score (nSPS) is 17.9. The molecule has 0 atom stereocenters. The van der Waals surface area contributed by atoms with Gasteiger partial charge in [-0.15, -0.1) is 11.3 Å². The molecule has 0 unspecified atom stereocenters. The third kappa shape index (κ3) is 3.11. The number of hydrogen-bond acceptors (Lipinski definition) is 4. The van der Waals surface area contributed by atoms with E-state index in [4.69, 9.17) is 0 Å². The summed E-state index contributed by atoms with van der Waals surface area (Å²) in [6.45, 7) is 4.47. The molecule has 0 aliphatic carbocycles. The van der Waals surface area contributed by atoms with Gasteiger partial charge in [0.1, 0.15) is 0 Å². The molecule has 2 rings (SSSR count). The summed E-state index contributed by atoms with van der Waals surface area (Å²) in [6, 6.07) is 1.90. The van der Waals surface area contributed by atoms with Crippen LogP contribution < -0.4 is 5.32 Å². The minimum Gasteiger partial charge on any atom is -0.314 e. The lowest BCUT2D eigenvalue weighted by Gasteiger charge is -2.26. The van der Waals surface area contributed by atoms with E-state index in [-0.39, 0.29) is 5.78 Å². The Bertz CT molecular complexity index is 347. The molecule has 1 aliphatic rings. The summed E-state index contributed by atoms with van der Waals surface area (Å²) in [5.74, 6) is 0.229. The summed E-state index contributed by atoms with van der Waals surface area (Å²) in [7, 11) is 0. The van der Waals surface area contributed by atoms with Gasteiger partial charge >= 0.3 is 0 Å². The highest BCUT2D eigenvalue weighted by Gasteiger charge is 2.15. The molecule has 1 aromatic heterocycles. The van der Waals surface area contributed by atoms with Crippen LogP contribution in [0.4, 0.5) is 0 Å². The highest BCUT2D eigenvalue weighted by Crippen LogP contribution is 2.20. The van der Waals surface area contributed by atoms with Crippen LogP contribution in [0.1, 0.15) is 9.67 Å². The molecule has 1 aromatic rings. The number of hydrogen-bond donors (Lipinski definition) is 1. The van der Waals surface area contributed by atoms with Crippen molar-refractivity contribution in [2.75, 3.05) is 32.7 Å². The highest BCUT2D eigenvalue weighted by molar-refractivity contribution is 9.10. The van der Waals surface area contributed by atoms with Crippen LogP contribution in [0, 0.1) is 0 Å². The molecule has 82 valence electrons. The van der Waals surface area contributed by atoms with E-state index in [0.717, 1.165) is 35.5 Å². The number of halogens is 1. The highest BCUT2D eigenvalue weighted by atomic mass is 79.9. The summed E-state index contributed by atoms with van der Waals surface area (Å²) >= 11 is 4.87. The minimum atomic E-state index is 0.229. The van der Waals surface area contributed by atoms with Gasteiger partial charge in [-0.1, -0.05) is 0 Å². The van der Waals surface area contributed by atoms with E-state index < -0.39 is 0 Å². The van der Waals surface area contributed by atoms with Crippen molar-refractivity contribution in [3.8, 4) is 0 Å². The van der Waals surface area contributed by atoms with Crippen LogP contribution in [-0.4, -0.2) is 43.4 Å². The summed E-state index contributed by atoms with van der Waals surface area (Å²) in [5, 5.41) is 5.22. The van der Waals surface area contributed by atoms with Crippen LogP contribution in [-0.2, 0) is 0 Å². The van der Waals surface area contributed by atoms with E-state index in [1.807, 2.05) is 11.4 Å². The van der Waals surface area contributed by atoms with Crippen LogP contribution in [0.2, 0.25) is 0 Å². The molecule has 3 nitrogen and oxygen atoms in total. The van der Waals surface area contributed by atoms with Crippen molar-refractivity contribution in [1.29, 1.82) is 0 Å². The smallest absolute Gasteiger partial charge is 0.186 e. The largest absolute Gasteiger partial charge is 0.314 e. The fourth-order valence-corrected chi connectivity index (χ4v) is 2.97. The van der Waals surface area contributed by atoms with Gasteiger partial charge in [0.25, 0.3) is 0 Å². The van der Waals surface area contributed by atoms with E-state index in [1.54, 1.807) is 0 Å². The van der Waals surface area contributed by atoms with Crippen LogP contribution in [0.3, 0.4) is 0 Å². The third-order valence-corrected chi connectivity index (χ3v) is 4.15. The van der Waals surface area contributed by atoms with Crippen molar-refractivity contribution in [3.05, 3.63) is 20.8 Å². The number of carbonyl (C=O) groups is 1. The van der Waals surface area contributed by atoms with E-state index in [9.17, 15) is 4.79 Å². The molecule has 0 bridgehead atoms. The van der Waals surface area contributed by atoms with Crippen LogP contribution in [0.5, 0.6) is 0 Å². The zero-order valence-corrected chi connectivity index (χ0v) is 10.7. The molecule has 5 heteroatoms. The first kappa shape index (κ1) is 11.3. The Labute approximate surface area is 102 Å². The Balaban J connectivity index is 1.91. The van der Waals surface area contributed by atoms with Gasteiger partial charge in [0.2, 0.25) is 0 Å². The molecular formula is C10H13BrN2OS. The Morgan fingerprint density at radius 2 is 2.27 bits per heavy atom. The zero-order valence-electron chi connectivity index (χ0n) is 8.33. The van der Waals surface area contributed by atoms with Crippen molar-refractivity contribution in [3.63, 3.8) is 0 Å². The number of nitrogens with zero attached hydrogens (tertiary/aromatic N) is 1. The van der Waals surface area contributed by atoms with E-state index in [2.05, 4.69) is 26.1 Å². The lowest BCUT2D eigenvalue weighted by molar-refractivity contribution is 0.0925.